The van der Waals surface area contributed by atoms with Crippen LogP contribution in [0.1, 0.15) is 0 Å². The van der Waals surface area contributed by atoms with Crippen LogP contribution in [0.15, 0.2) is 30.5 Å². The number of hydrogen-bond acceptors (Lipinski definition) is 5. The summed E-state index contributed by atoms with van der Waals surface area (Å²) in [4.78, 5) is 0. The van der Waals surface area contributed by atoms with Crippen LogP contribution < -0.4 is 9.46 Å². The third-order valence-corrected chi connectivity index (χ3v) is 3.95. The molecule has 2 rings (SSSR count). The zero-order valence-corrected chi connectivity index (χ0v) is 12.1. The second-order valence-electron chi connectivity index (χ2n) is 4.14. The van der Waals surface area contributed by atoms with Crippen molar-refractivity contribution in [3.05, 3.63) is 30.5 Å². The highest BCUT2D eigenvalue weighted by Crippen LogP contribution is 2.16. The van der Waals surface area contributed by atoms with Gasteiger partial charge in [0.25, 0.3) is 0 Å². The fourth-order valence-corrected chi connectivity index (χ4v) is 1.95. The molecule has 20 heavy (non-hydrogen) atoms. The van der Waals surface area contributed by atoms with Crippen molar-refractivity contribution < 1.29 is 13.2 Å². The molecule has 1 aromatic heterocycles. The molecule has 8 nitrogen and oxygen atoms in total. The van der Waals surface area contributed by atoms with E-state index in [4.69, 9.17) is 4.74 Å². The van der Waals surface area contributed by atoms with E-state index in [2.05, 4.69) is 15.0 Å². The highest BCUT2D eigenvalue weighted by molar-refractivity contribution is 7.90. The van der Waals surface area contributed by atoms with Crippen LogP contribution in [0.2, 0.25) is 0 Å². The molecule has 2 aromatic rings. The number of ether oxygens (including phenoxy) is 1. The number of hydrogen-bond donors (Lipinski definition) is 1. The lowest BCUT2D eigenvalue weighted by Gasteiger charge is -2.10. The summed E-state index contributed by atoms with van der Waals surface area (Å²) >= 11 is 0. The predicted molar refractivity (Wildman–Crippen MR) is 74.1 cm³/mol. The van der Waals surface area contributed by atoms with Crippen molar-refractivity contribution in [3.8, 4) is 11.4 Å². The van der Waals surface area contributed by atoms with Gasteiger partial charge in [0, 0.05) is 20.2 Å². The van der Waals surface area contributed by atoms with E-state index in [1.54, 1.807) is 31.4 Å². The summed E-state index contributed by atoms with van der Waals surface area (Å²) in [5, 5.41) is 7.64. The first-order chi connectivity index (χ1) is 9.42. The van der Waals surface area contributed by atoms with E-state index in [0.29, 0.717) is 11.4 Å². The Labute approximate surface area is 117 Å². The van der Waals surface area contributed by atoms with Crippen LogP contribution in [0.3, 0.4) is 0 Å². The Kier molecular flexibility index (Phi) is 3.91. The first kappa shape index (κ1) is 14.3. The zero-order valence-electron chi connectivity index (χ0n) is 11.3. The van der Waals surface area contributed by atoms with E-state index < -0.39 is 10.2 Å². The van der Waals surface area contributed by atoms with Gasteiger partial charge in [-0.05, 0) is 12.1 Å². The molecular weight excluding hydrogens is 282 g/mol. The molecule has 1 aromatic carbocycles. The molecule has 0 aliphatic carbocycles. The minimum Gasteiger partial charge on any atom is -0.497 e. The van der Waals surface area contributed by atoms with Crippen LogP contribution >= 0.6 is 0 Å². The lowest BCUT2D eigenvalue weighted by molar-refractivity contribution is 0.414. The van der Waals surface area contributed by atoms with Crippen LogP contribution in [0.25, 0.3) is 5.69 Å². The van der Waals surface area contributed by atoms with E-state index in [1.807, 2.05) is 0 Å². The Morgan fingerprint density at radius 1 is 1.35 bits per heavy atom. The maximum absolute atomic E-state index is 11.7. The van der Waals surface area contributed by atoms with E-state index in [1.165, 1.54) is 25.0 Å². The molecule has 1 heterocycles. The second-order valence-corrected chi connectivity index (χ2v) is 6.02. The number of methoxy groups -OCH3 is 1. The Morgan fingerprint density at radius 3 is 2.75 bits per heavy atom. The van der Waals surface area contributed by atoms with Gasteiger partial charge in [0.1, 0.15) is 5.75 Å². The van der Waals surface area contributed by atoms with Gasteiger partial charge in [-0.15, -0.1) is 5.10 Å². The molecule has 0 aliphatic rings. The van der Waals surface area contributed by atoms with Crippen molar-refractivity contribution in [1.82, 2.24) is 19.3 Å². The van der Waals surface area contributed by atoms with E-state index in [0.717, 1.165) is 4.31 Å². The summed E-state index contributed by atoms with van der Waals surface area (Å²) in [5.74, 6) is 0.815. The maximum atomic E-state index is 11.7. The van der Waals surface area contributed by atoms with Crippen LogP contribution in [0.5, 0.6) is 5.75 Å². The Morgan fingerprint density at radius 2 is 2.10 bits per heavy atom. The van der Waals surface area contributed by atoms with Crippen molar-refractivity contribution in [2.45, 2.75) is 0 Å². The summed E-state index contributed by atoms with van der Waals surface area (Å²) in [6, 6.07) is 7.18. The second kappa shape index (κ2) is 5.47. The smallest absolute Gasteiger partial charge is 0.302 e. The standard InChI is InChI=1S/C11H15N5O3S/c1-15(2)20(17,18)13-11-8-16(14-12-11)9-5-4-6-10(7-9)19-3/h4-8,13H,1-3H3. The molecule has 108 valence electrons. The molecule has 0 fully saturated rings. The third-order valence-electron chi connectivity index (χ3n) is 2.53. The number of aromatic nitrogens is 3. The number of benzene rings is 1. The molecule has 0 aliphatic heterocycles. The third kappa shape index (κ3) is 3.06. The first-order valence-electron chi connectivity index (χ1n) is 5.69. The van der Waals surface area contributed by atoms with Crippen molar-refractivity contribution in [2.24, 2.45) is 0 Å². The molecule has 0 saturated carbocycles. The van der Waals surface area contributed by atoms with E-state index >= 15 is 0 Å². The van der Waals surface area contributed by atoms with Gasteiger partial charge in [-0.3, -0.25) is 4.72 Å². The lowest BCUT2D eigenvalue weighted by Crippen LogP contribution is -2.29. The minimum atomic E-state index is -3.59. The van der Waals surface area contributed by atoms with E-state index in [-0.39, 0.29) is 5.82 Å². The molecule has 0 spiro atoms. The molecule has 1 N–H and O–H groups in total. The quantitative estimate of drug-likeness (QED) is 0.867. The summed E-state index contributed by atoms with van der Waals surface area (Å²) in [7, 11) is 0.827. The number of anilines is 1. The number of rotatable bonds is 5. The molecule has 0 saturated heterocycles. The zero-order chi connectivity index (χ0) is 14.8. The highest BCUT2D eigenvalue weighted by Gasteiger charge is 2.15. The van der Waals surface area contributed by atoms with Crippen molar-refractivity contribution in [2.75, 3.05) is 25.9 Å². The number of nitrogens with zero attached hydrogens (tertiary/aromatic N) is 4. The summed E-state index contributed by atoms with van der Waals surface area (Å²) < 4.78 is 33.3. The monoisotopic (exact) mass is 297 g/mol. The largest absolute Gasteiger partial charge is 0.497 e. The minimum absolute atomic E-state index is 0.140. The van der Waals surface area contributed by atoms with E-state index in [9.17, 15) is 8.42 Å². The SMILES string of the molecule is COc1cccc(-n2cc(NS(=O)(=O)N(C)C)nn2)c1. The fraction of sp³-hybridized carbons (Fsp3) is 0.273. The molecule has 0 radical (unpaired) electrons. The van der Waals surface area contributed by atoms with Gasteiger partial charge in [0.2, 0.25) is 0 Å². The normalized spacial score (nSPS) is 11.6. The average Bonchev–Trinajstić information content (AvgIpc) is 2.86. The van der Waals surface area contributed by atoms with Gasteiger partial charge in [-0.1, -0.05) is 11.3 Å². The summed E-state index contributed by atoms with van der Waals surface area (Å²) in [5.41, 5.74) is 0.715. The van der Waals surface area contributed by atoms with Gasteiger partial charge in [-0.25, -0.2) is 4.68 Å². The van der Waals surface area contributed by atoms with Crippen LogP contribution in [-0.2, 0) is 10.2 Å². The van der Waals surface area contributed by atoms with Gasteiger partial charge < -0.3 is 4.74 Å². The molecular formula is C11H15N5O3S. The molecule has 0 bridgehead atoms. The lowest BCUT2D eigenvalue weighted by atomic mass is 10.3. The molecule has 0 amide bonds. The maximum Gasteiger partial charge on any atom is 0.302 e. The Bertz CT molecular complexity index is 696. The van der Waals surface area contributed by atoms with Gasteiger partial charge in [-0.2, -0.15) is 12.7 Å². The van der Waals surface area contributed by atoms with Crippen LogP contribution in [-0.4, -0.2) is 48.9 Å². The summed E-state index contributed by atoms with van der Waals surface area (Å²) in [6.07, 6.45) is 1.48. The van der Waals surface area contributed by atoms with Crippen molar-refractivity contribution >= 4 is 16.0 Å². The fourth-order valence-electron chi connectivity index (χ4n) is 1.41. The molecule has 0 unspecified atom stereocenters. The van der Waals surface area contributed by atoms with Gasteiger partial charge >= 0.3 is 10.2 Å². The topological polar surface area (TPSA) is 89.4 Å². The molecule has 0 atom stereocenters. The Balaban J connectivity index is 2.25. The van der Waals surface area contributed by atoms with Crippen LogP contribution in [0, 0.1) is 0 Å². The van der Waals surface area contributed by atoms with Crippen LogP contribution in [0.4, 0.5) is 5.82 Å². The van der Waals surface area contributed by atoms with Crippen molar-refractivity contribution in [1.29, 1.82) is 0 Å². The molecule has 9 heteroatoms. The first-order valence-corrected chi connectivity index (χ1v) is 7.13. The average molecular weight is 297 g/mol. The predicted octanol–water partition coefficient (Wildman–Crippen LogP) is 0.494. The van der Waals surface area contributed by atoms with Gasteiger partial charge in [0.05, 0.1) is 19.0 Å². The van der Waals surface area contributed by atoms with Gasteiger partial charge in [0.15, 0.2) is 5.82 Å². The summed E-state index contributed by atoms with van der Waals surface area (Å²) in [6.45, 7) is 0. The Hall–Kier alpha value is -2.13. The van der Waals surface area contributed by atoms with Crippen molar-refractivity contribution in [3.63, 3.8) is 0 Å². The highest BCUT2D eigenvalue weighted by atomic mass is 32.2. The number of nitrogens with one attached hydrogen (secondary N) is 1.